The summed E-state index contributed by atoms with van der Waals surface area (Å²) in [5.41, 5.74) is -0.0469. The summed E-state index contributed by atoms with van der Waals surface area (Å²) in [4.78, 5) is 10.1. The lowest BCUT2D eigenvalue weighted by Crippen LogP contribution is -2.31. The standard InChI is InChI=1S/C11H17N3O5S/c1-8(19-3)7-13-20(17,18)9-4-5-10(12-2)11(6-9)14(15)16/h4-6,8,12-13H,7H2,1-3H3. The summed E-state index contributed by atoms with van der Waals surface area (Å²) in [6.07, 6.45) is -0.295. The van der Waals surface area contributed by atoms with Crippen LogP contribution in [0.3, 0.4) is 0 Å². The predicted molar refractivity (Wildman–Crippen MR) is 74.3 cm³/mol. The second-order valence-electron chi connectivity index (χ2n) is 4.08. The summed E-state index contributed by atoms with van der Waals surface area (Å²) < 4.78 is 31.3. The van der Waals surface area contributed by atoms with Crippen molar-refractivity contribution in [1.29, 1.82) is 0 Å². The normalized spacial score (nSPS) is 12.9. The predicted octanol–water partition coefficient (Wildman–Crippen LogP) is 0.950. The van der Waals surface area contributed by atoms with E-state index in [1.165, 1.54) is 26.3 Å². The highest BCUT2D eigenvalue weighted by Crippen LogP contribution is 2.26. The third-order valence-corrected chi connectivity index (χ3v) is 4.13. The number of ether oxygens (including phenoxy) is 1. The average molecular weight is 303 g/mol. The molecular weight excluding hydrogens is 286 g/mol. The minimum absolute atomic E-state index is 0.0837. The maximum atomic E-state index is 12.0. The summed E-state index contributed by atoms with van der Waals surface area (Å²) in [6.45, 7) is 1.79. The van der Waals surface area contributed by atoms with Gasteiger partial charge in [-0.15, -0.1) is 0 Å². The van der Waals surface area contributed by atoms with Gasteiger partial charge in [0.15, 0.2) is 0 Å². The molecule has 0 radical (unpaired) electrons. The Hall–Kier alpha value is -1.71. The first-order valence-corrected chi connectivity index (χ1v) is 7.28. The summed E-state index contributed by atoms with van der Waals surface area (Å²) in [7, 11) is -0.822. The summed E-state index contributed by atoms with van der Waals surface area (Å²) in [5.74, 6) is 0. The van der Waals surface area contributed by atoms with Crippen molar-refractivity contribution in [2.45, 2.75) is 17.9 Å². The highest BCUT2D eigenvalue weighted by Gasteiger charge is 2.21. The SMILES string of the molecule is CNc1ccc(S(=O)(=O)NCC(C)OC)cc1[N+](=O)[O-]. The Morgan fingerprint density at radius 1 is 1.45 bits per heavy atom. The molecule has 9 heteroatoms. The molecule has 0 aromatic heterocycles. The highest BCUT2D eigenvalue weighted by molar-refractivity contribution is 7.89. The number of nitrogens with zero attached hydrogens (tertiary/aromatic N) is 1. The molecule has 0 aliphatic carbocycles. The summed E-state index contributed by atoms with van der Waals surface area (Å²) in [5, 5.41) is 13.5. The lowest BCUT2D eigenvalue weighted by atomic mass is 10.3. The zero-order chi connectivity index (χ0) is 15.3. The zero-order valence-electron chi connectivity index (χ0n) is 11.4. The van der Waals surface area contributed by atoms with Gasteiger partial charge < -0.3 is 10.1 Å². The fourth-order valence-corrected chi connectivity index (χ4v) is 2.57. The van der Waals surface area contributed by atoms with E-state index in [2.05, 4.69) is 10.0 Å². The topological polar surface area (TPSA) is 111 Å². The smallest absolute Gasteiger partial charge is 0.293 e. The number of nitro benzene ring substituents is 1. The third kappa shape index (κ3) is 3.89. The second-order valence-corrected chi connectivity index (χ2v) is 5.85. The van der Waals surface area contributed by atoms with Crippen molar-refractivity contribution in [3.05, 3.63) is 28.3 Å². The first kappa shape index (κ1) is 16.3. The number of methoxy groups -OCH3 is 1. The molecule has 0 amide bonds. The molecule has 112 valence electrons. The number of sulfonamides is 1. The van der Waals surface area contributed by atoms with Gasteiger partial charge in [-0.1, -0.05) is 0 Å². The Kier molecular flexibility index (Phi) is 5.43. The van der Waals surface area contributed by atoms with Crippen LogP contribution in [-0.4, -0.2) is 40.1 Å². The Labute approximate surface area is 117 Å². The van der Waals surface area contributed by atoms with Crippen LogP contribution in [-0.2, 0) is 14.8 Å². The Bertz CT molecular complexity index is 588. The van der Waals surface area contributed by atoms with Gasteiger partial charge in [0.25, 0.3) is 5.69 Å². The fourth-order valence-electron chi connectivity index (χ4n) is 1.43. The molecular formula is C11H17N3O5S. The second kappa shape index (κ2) is 6.64. The lowest BCUT2D eigenvalue weighted by molar-refractivity contribution is -0.384. The molecule has 2 N–H and O–H groups in total. The minimum atomic E-state index is -3.81. The number of benzene rings is 1. The van der Waals surface area contributed by atoms with Crippen LogP contribution < -0.4 is 10.0 Å². The van der Waals surface area contributed by atoms with Crippen molar-refractivity contribution < 1.29 is 18.1 Å². The Morgan fingerprint density at radius 3 is 2.60 bits per heavy atom. The molecule has 0 bridgehead atoms. The number of nitrogens with one attached hydrogen (secondary N) is 2. The van der Waals surface area contributed by atoms with E-state index in [1.807, 2.05) is 0 Å². The number of nitro groups is 1. The van der Waals surface area contributed by atoms with Crippen LogP contribution in [0.2, 0.25) is 0 Å². The van der Waals surface area contributed by atoms with Gasteiger partial charge in [0, 0.05) is 26.8 Å². The van der Waals surface area contributed by atoms with Crippen molar-refractivity contribution in [3.8, 4) is 0 Å². The Balaban J connectivity index is 3.07. The van der Waals surface area contributed by atoms with Gasteiger partial charge in [-0.05, 0) is 19.1 Å². The van der Waals surface area contributed by atoms with Gasteiger partial charge in [0.2, 0.25) is 10.0 Å². The zero-order valence-corrected chi connectivity index (χ0v) is 12.2. The summed E-state index contributed by atoms with van der Waals surface area (Å²) >= 11 is 0. The molecule has 20 heavy (non-hydrogen) atoms. The summed E-state index contributed by atoms with van der Waals surface area (Å²) in [6, 6.07) is 3.68. The first-order chi connectivity index (χ1) is 9.31. The van der Waals surface area contributed by atoms with E-state index in [0.29, 0.717) is 0 Å². The van der Waals surface area contributed by atoms with Crippen molar-refractivity contribution in [2.24, 2.45) is 0 Å². The molecule has 1 atom stereocenters. The number of rotatable bonds is 7. The molecule has 0 aliphatic heterocycles. The molecule has 1 unspecified atom stereocenters. The Morgan fingerprint density at radius 2 is 2.10 bits per heavy atom. The van der Waals surface area contributed by atoms with E-state index in [4.69, 9.17) is 4.74 Å². The first-order valence-electron chi connectivity index (χ1n) is 5.80. The van der Waals surface area contributed by atoms with E-state index in [0.717, 1.165) is 6.07 Å². The molecule has 0 saturated heterocycles. The molecule has 0 heterocycles. The van der Waals surface area contributed by atoms with E-state index >= 15 is 0 Å². The van der Waals surface area contributed by atoms with Gasteiger partial charge in [0.1, 0.15) is 5.69 Å². The minimum Gasteiger partial charge on any atom is -0.383 e. The van der Waals surface area contributed by atoms with Crippen molar-refractivity contribution >= 4 is 21.4 Å². The van der Waals surface area contributed by atoms with Crippen molar-refractivity contribution in [3.63, 3.8) is 0 Å². The molecule has 8 nitrogen and oxygen atoms in total. The number of hydrogen-bond donors (Lipinski definition) is 2. The van der Waals surface area contributed by atoms with Crippen molar-refractivity contribution in [2.75, 3.05) is 26.0 Å². The molecule has 1 rings (SSSR count). The quantitative estimate of drug-likeness (QED) is 0.573. The number of anilines is 1. The van der Waals surface area contributed by atoms with E-state index in [-0.39, 0.29) is 28.9 Å². The van der Waals surface area contributed by atoms with Gasteiger partial charge >= 0.3 is 0 Å². The maximum absolute atomic E-state index is 12.0. The van der Waals surface area contributed by atoms with Gasteiger partial charge in [-0.2, -0.15) is 0 Å². The van der Waals surface area contributed by atoms with Gasteiger partial charge in [-0.25, -0.2) is 13.1 Å². The molecule has 1 aromatic carbocycles. The highest BCUT2D eigenvalue weighted by atomic mass is 32.2. The molecule has 0 fully saturated rings. The van der Waals surface area contributed by atoms with Crippen LogP contribution in [0, 0.1) is 10.1 Å². The third-order valence-electron chi connectivity index (χ3n) is 2.71. The van der Waals surface area contributed by atoms with Crippen LogP contribution >= 0.6 is 0 Å². The van der Waals surface area contributed by atoms with Gasteiger partial charge in [0.05, 0.1) is 15.9 Å². The molecule has 1 aromatic rings. The van der Waals surface area contributed by atoms with Crippen LogP contribution in [0.25, 0.3) is 0 Å². The van der Waals surface area contributed by atoms with Crippen LogP contribution in [0.4, 0.5) is 11.4 Å². The van der Waals surface area contributed by atoms with Crippen LogP contribution in [0.15, 0.2) is 23.1 Å². The van der Waals surface area contributed by atoms with Crippen molar-refractivity contribution in [1.82, 2.24) is 4.72 Å². The largest absolute Gasteiger partial charge is 0.383 e. The molecule has 0 spiro atoms. The number of hydrogen-bond acceptors (Lipinski definition) is 6. The van der Waals surface area contributed by atoms with Crippen LogP contribution in [0.5, 0.6) is 0 Å². The lowest BCUT2D eigenvalue weighted by Gasteiger charge is -2.12. The van der Waals surface area contributed by atoms with Crippen LogP contribution in [0.1, 0.15) is 6.92 Å². The van der Waals surface area contributed by atoms with Gasteiger partial charge in [-0.3, -0.25) is 10.1 Å². The van der Waals surface area contributed by atoms with E-state index < -0.39 is 14.9 Å². The average Bonchev–Trinajstić information content (AvgIpc) is 2.43. The van der Waals surface area contributed by atoms with E-state index in [1.54, 1.807) is 6.92 Å². The molecule has 0 aliphatic rings. The monoisotopic (exact) mass is 303 g/mol. The molecule has 0 saturated carbocycles. The maximum Gasteiger partial charge on any atom is 0.293 e. The van der Waals surface area contributed by atoms with E-state index in [9.17, 15) is 18.5 Å². The fraction of sp³-hybridized carbons (Fsp3) is 0.455.